The first-order chi connectivity index (χ1) is 14.0. The van der Waals surface area contributed by atoms with E-state index >= 15 is 0 Å². The molecule has 1 saturated heterocycles. The van der Waals surface area contributed by atoms with Gasteiger partial charge in [-0.2, -0.15) is 0 Å². The minimum atomic E-state index is -3.72. The lowest BCUT2D eigenvalue weighted by atomic mass is 10.3. The minimum absolute atomic E-state index is 0. The first-order valence-corrected chi connectivity index (χ1v) is 11.5. The van der Waals surface area contributed by atoms with Gasteiger partial charge in [0.1, 0.15) is 10.7 Å². The third-order valence-corrected chi connectivity index (χ3v) is 6.52. The van der Waals surface area contributed by atoms with Crippen molar-refractivity contribution in [2.24, 2.45) is 4.99 Å². The van der Waals surface area contributed by atoms with Gasteiger partial charge in [-0.25, -0.2) is 12.8 Å². The lowest BCUT2D eigenvalue weighted by Crippen LogP contribution is -2.44. The van der Waals surface area contributed by atoms with E-state index in [2.05, 4.69) is 32.7 Å². The largest absolute Gasteiger partial charge is 0.369 e. The first-order valence-electron chi connectivity index (χ1n) is 9.81. The van der Waals surface area contributed by atoms with Crippen molar-refractivity contribution in [2.75, 3.05) is 36.8 Å². The number of benzene rings is 2. The fourth-order valence-corrected chi connectivity index (χ4v) is 4.55. The second kappa shape index (κ2) is 11.5. The number of aliphatic imine (C=N–C) groups is 1. The van der Waals surface area contributed by atoms with Gasteiger partial charge >= 0.3 is 0 Å². The number of nitrogens with one attached hydrogen (secondary N) is 2. The number of hydrogen-bond donors (Lipinski definition) is 2. The van der Waals surface area contributed by atoms with Crippen molar-refractivity contribution in [1.82, 2.24) is 10.6 Å². The maximum absolute atomic E-state index is 13.8. The van der Waals surface area contributed by atoms with Crippen molar-refractivity contribution in [1.29, 1.82) is 0 Å². The lowest BCUT2D eigenvalue weighted by molar-refractivity contribution is 0.567. The molecular weight excluding hydrogens is 518 g/mol. The third-order valence-electron chi connectivity index (χ3n) is 4.80. The van der Waals surface area contributed by atoms with Crippen LogP contribution in [0, 0.1) is 5.82 Å². The molecule has 3 rings (SSSR count). The van der Waals surface area contributed by atoms with Gasteiger partial charge in [0.2, 0.25) is 0 Å². The summed E-state index contributed by atoms with van der Waals surface area (Å²) in [6.07, 6.45) is 0.965. The zero-order valence-electron chi connectivity index (χ0n) is 16.9. The quantitative estimate of drug-likeness (QED) is 0.318. The molecule has 6 nitrogen and oxygen atoms in total. The van der Waals surface area contributed by atoms with E-state index in [0.29, 0.717) is 12.5 Å². The second-order valence-corrected chi connectivity index (χ2v) is 9.00. The highest BCUT2D eigenvalue weighted by Crippen LogP contribution is 2.19. The van der Waals surface area contributed by atoms with Crippen LogP contribution in [0.1, 0.15) is 13.3 Å². The van der Waals surface area contributed by atoms with Gasteiger partial charge in [0.05, 0.1) is 12.3 Å². The van der Waals surface area contributed by atoms with Gasteiger partial charge < -0.3 is 15.5 Å². The molecule has 0 bridgehead atoms. The topological polar surface area (TPSA) is 73.8 Å². The molecule has 9 heteroatoms. The molecule has 0 amide bonds. The van der Waals surface area contributed by atoms with Gasteiger partial charge in [-0.15, -0.1) is 24.0 Å². The van der Waals surface area contributed by atoms with Crippen molar-refractivity contribution < 1.29 is 12.8 Å². The Morgan fingerprint density at radius 2 is 1.87 bits per heavy atom. The molecule has 0 radical (unpaired) electrons. The molecule has 0 spiro atoms. The maximum atomic E-state index is 13.8. The molecule has 30 heavy (non-hydrogen) atoms. The van der Waals surface area contributed by atoms with E-state index in [9.17, 15) is 12.8 Å². The fraction of sp³-hybridized carbons (Fsp3) is 0.381. The Bertz CT molecular complexity index is 941. The van der Waals surface area contributed by atoms with E-state index in [0.717, 1.165) is 25.6 Å². The predicted octanol–water partition coefficient (Wildman–Crippen LogP) is 3.05. The Balaban J connectivity index is 0.00000320. The summed E-state index contributed by atoms with van der Waals surface area (Å²) in [6.45, 7) is 4.48. The summed E-state index contributed by atoms with van der Waals surface area (Å²) < 4.78 is 38.6. The third kappa shape index (κ3) is 6.56. The number of guanidine groups is 1. The van der Waals surface area contributed by atoms with E-state index < -0.39 is 15.7 Å². The van der Waals surface area contributed by atoms with Crippen molar-refractivity contribution in [3.05, 3.63) is 60.4 Å². The van der Waals surface area contributed by atoms with Crippen LogP contribution in [0.25, 0.3) is 0 Å². The molecule has 2 N–H and O–H groups in total. The van der Waals surface area contributed by atoms with Crippen LogP contribution in [0.5, 0.6) is 0 Å². The summed E-state index contributed by atoms with van der Waals surface area (Å²) in [6, 6.07) is 15.9. The van der Waals surface area contributed by atoms with E-state index in [4.69, 9.17) is 0 Å². The molecule has 2 aromatic rings. The smallest absolute Gasteiger partial charge is 0.191 e. The van der Waals surface area contributed by atoms with Gasteiger partial charge in [0, 0.05) is 31.4 Å². The molecule has 0 aromatic heterocycles. The molecule has 2 aromatic carbocycles. The molecule has 0 saturated carbocycles. The van der Waals surface area contributed by atoms with Crippen LogP contribution in [-0.4, -0.2) is 52.4 Å². The Hall–Kier alpha value is -1.88. The van der Waals surface area contributed by atoms with Gasteiger partial charge in [0.15, 0.2) is 15.8 Å². The summed E-state index contributed by atoms with van der Waals surface area (Å²) in [5.41, 5.74) is 1.19. The monoisotopic (exact) mass is 546 g/mol. The molecule has 1 unspecified atom stereocenters. The highest BCUT2D eigenvalue weighted by Gasteiger charge is 2.23. The number of para-hydroxylation sites is 1. The van der Waals surface area contributed by atoms with Crippen LogP contribution < -0.4 is 15.5 Å². The normalized spacial score (nSPS) is 16.8. The highest BCUT2D eigenvalue weighted by atomic mass is 127. The van der Waals surface area contributed by atoms with E-state index in [1.165, 1.54) is 23.9 Å². The Morgan fingerprint density at radius 3 is 2.57 bits per heavy atom. The van der Waals surface area contributed by atoms with Crippen molar-refractivity contribution in [2.45, 2.75) is 24.3 Å². The molecule has 1 aliphatic heterocycles. The molecule has 0 aliphatic carbocycles. The summed E-state index contributed by atoms with van der Waals surface area (Å²) in [7, 11) is -3.72. The highest BCUT2D eigenvalue weighted by molar-refractivity contribution is 14.0. The number of anilines is 1. The maximum Gasteiger partial charge on any atom is 0.191 e. The first kappa shape index (κ1) is 24.4. The Labute approximate surface area is 194 Å². The molecule has 1 atom stereocenters. The average molecular weight is 546 g/mol. The predicted molar refractivity (Wildman–Crippen MR) is 130 cm³/mol. The van der Waals surface area contributed by atoms with Gasteiger partial charge in [-0.3, -0.25) is 4.99 Å². The molecule has 164 valence electrons. The standard InChI is InChI=1S/C21H27FN4O2S.HI/c1-2-23-21(24-13-15-29(27,28)20-11-7-6-10-19(20)22)25-17-12-14-26(16-17)18-8-4-3-5-9-18;/h3-11,17H,2,12-16H2,1H3,(H2,23,24,25);1H. The number of rotatable bonds is 7. The van der Waals surface area contributed by atoms with E-state index in [1.807, 2.05) is 25.1 Å². The van der Waals surface area contributed by atoms with Crippen LogP contribution >= 0.6 is 24.0 Å². The molecular formula is C21H28FIN4O2S. The number of hydrogen-bond acceptors (Lipinski definition) is 4. The molecule has 1 fully saturated rings. The van der Waals surface area contributed by atoms with Crippen LogP contribution in [0.3, 0.4) is 0 Å². The minimum Gasteiger partial charge on any atom is -0.369 e. The number of sulfone groups is 1. The van der Waals surface area contributed by atoms with Crippen LogP contribution in [0.15, 0.2) is 64.5 Å². The van der Waals surface area contributed by atoms with Crippen LogP contribution in [0.2, 0.25) is 0 Å². The van der Waals surface area contributed by atoms with E-state index in [-0.39, 0.29) is 47.2 Å². The van der Waals surface area contributed by atoms with Gasteiger partial charge in [0.25, 0.3) is 0 Å². The number of nitrogens with zero attached hydrogens (tertiary/aromatic N) is 2. The second-order valence-electron chi connectivity index (χ2n) is 6.92. The summed E-state index contributed by atoms with van der Waals surface area (Å²) in [4.78, 5) is 6.42. The van der Waals surface area contributed by atoms with Crippen LogP contribution in [0.4, 0.5) is 10.1 Å². The van der Waals surface area contributed by atoms with E-state index in [1.54, 1.807) is 0 Å². The van der Waals surface area contributed by atoms with Gasteiger partial charge in [-0.05, 0) is 37.6 Å². The summed E-state index contributed by atoms with van der Waals surface area (Å²) in [5, 5.41) is 6.54. The van der Waals surface area contributed by atoms with Crippen molar-refractivity contribution >= 4 is 45.5 Å². The van der Waals surface area contributed by atoms with Gasteiger partial charge in [-0.1, -0.05) is 30.3 Å². The molecule has 1 aliphatic rings. The summed E-state index contributed by atoms with van der Waals surface area (Å²) in [5.74, 6) is -0.393. The van der Waals surface area contributed by atoms with Crippen molar-refractivity contribution in [3.8, 4) is 0 Å². The zero-order valence-corrected chi connectivity index (χ0v) is 20.1. The number of halogens is 2. The molecule has 1 heterocycles. The summed E-state index contributed by atoms with van der Waals surface area (Å²) >= 11 is 0. The fourth-order valence-electron chi connectivity index (χ4n) is 3.35. The SMILES string of the molecule is CCNC(=NCCS(=O)(=O)c1ccccc1F)NC1CCN(c2ccccc2)C1.I. The Kier molecular flexibility index (Phi) is 9.35. The van der Waals surface area contributed by atoms with Crippen LogP contribution in [-0.2, 0) is 9.84 Å². The Morgan fingerprint density at radius 1 is 1.17 bits per heavy atom. The lowest BCUT2D eigenvalue weighted by Gasteiger charge is -2.20. The van der Waals surface area contributed by atoms with Crippen molar-refractivity contribution in [3.63, 3.8) is 0 Å². The zero-order chi connectivity index (χ0) is 20.7. The average Bonchev–Trinajstić information content (AvgIpc) is 3.17.